The number of fused-ring (bicyclic) bond motifs is 1. The topological polar surface area (TPSA) is 66.9 Å². The number of thiophene rings is 1. The van der Waals surface area contributed by atoms with Crippen molar-refractivity contribution in [1.82, 2.24) is 9.78 Å². The van der Waals surface area contributed by atoms with Crippen LogP contribution in [0.1, 0.15) is 67.4 Å². The summed E-state index contributed by atoms with van der Waals surface area (Å²) in [6, 6.07) is 2.32. The lowest BCUT2D eigenvalue weighted by Gasteiger charge is -2.23. The average molecular weight is 378 g/mol. The van der Waals surface area contributed by atoms with Gasteiger partial charge in [-0.05, 0) is 35.2 Å². The molecule has 1 aliphatic heterocycles. The Hall–Kier alpha value is -1.47. The summed E-state index contributed by atoms with van der Waals surface area (Å²) < 4.78 is 1.96. The molecule has 0 aromatic carbocycles. The van der Waals surface area contributed by atoms with Gasteiger partial charge in [0.25, 0.3) is 5.56 Å². The number of carbonyl (C=O) groups is 1. The average Bonchev–Trinajstić information content (AvgIpc) is 3.14. The smallest absolute Gasteiger partial charge is 0.270 e. The van der Waals surface area contributed by atoms with Gasteiger partial charge in [-0.3, -0.25) is 19.4 Å². The Bertz CT molecular complexity index is 786. The summed E-state index contributed by atoms with van der Waals surface area (Å²) in [6.07, 6.45) is 8.29. The molecule has 4 rings (SSSR count). The maximum Gasteiger partial charge on any atom is 0.270 e. The van der Waals surface area contributed by atoms with E-state index in [1.807, 2.05) is 10.1 Å². The number of hydrogen-bond acceptors (Lipinski definition) is 4. The number of amides is 1. The van der Waals surface area contributed by atoms with Gasteiger partial charge in [0, 0.05) is 0 Å². The lowest BCUT2D eigenvalue weighted by molar-refractivity contribution is -0.113. The first-order chi connectivity index (χ1) is 12.2. The van der Waals surface area contributed by atoms with Crippen LogP contribution in [0, 0.1) is 0 Å². The molecule has 0 bridgehead atoms. The van der Waals surface area contributed by atoms with Gasteiger partial charge in [-0.15, -0.1) is 11.8 Å². The van der Waals surface area contributed by atoms with Gasteiger partial charge in [-0.2, -0.15) is 11.3 Å². The summed E-state index contributed by atoms with van der Waals surface area (Å²) in [5, 5.41) is 10.1. The Balaban J connectivity index is 1.76. The Morgan fingerprint density at radius 3 is 2.56 bits per heavy atom. The molecule has 0 unspecified atom stereocenters. The predicted octanol–water partition coefficient (Wildman–Crippen LogP) is 4.30. The molecular formula is C18H23N3O2S2. The van der Waals surface area contributed by atoms with Crippen LogP contribution in [0.5, 0.6) is 0 Å². The van der Waals surface area contributed by atoms with E-state index in [-0.39, 0.29) is 22.8 Å². The molecule has 5 nitrogen and oxygen atoms in total. The van der Waals surface area contributed by atoms with Crippen LogP contribution >= 0.6 is 23.1 Å². The summed E-state index contributed by atoms with van der Waals surface area (Å²) in [5.74, 6) is 1.04. The molecule has 2 aromatic rings. The number of anilines is 1. The second-order valence-electron chi connectivity index (χ2n) is 6.87. The third kappa shape index (κ3) is 3.44. The zero-order valence-corrected chi connectivity index (χ0v) is 15.8. The molecular weight excluding hydrogens is 354 g/mol. The van der Waals surface area contributed by atoms with Crippen molar-refractivity contribution >= 4 is 34.8 Å². The maximum absolute atomic E-state index is 12.8. The highest BCUT2D eigenvalue weighted by molar-refractivity contribution is 8.00. The molecule has 0 radical (unpaired) electrons. The highest BCUT2D eigenvalue weighted by atomic mass is 32.2. The second kappa shape index (κ2) is 7.41. The lowest BCUT2D eigenvalue weighted by atomic mass is 9.97. The molecule has 2 aliphatic rings. The van der Waals surface area contributed by atoms with E-state index in [0.29, 0.717) is 17.1 Å². The summed E-state index contributed by atoms with van der Waals surface area (Å²) >= 11 is 3.16. The van der Waals surface area contributed by atoms with Crippen LogP contribution in [0.3, 0.4) is 0 Å². The molecule has 25 heavy (non-hydrogen) atoms. The van der Waals surface area contributed by atoms with E-state index >= 15 is 0 Å². The molecule has 0 saturated heterocycles. The number of rotatable bonds is 2. The van der Waals surface area contributed by atoms with Gasteiger partial charge in [0.05, 0.1) is 22.6 Å². The third-order valence-corrected chi connectivity index (χ3v) is 7.12. The Morgan fingerprint density at radius 1 is 1.08 bits per heavy atom. The molecule has 1 fully saturated rings. The van der Waals surface area contributed by atoms with E-state index in [4.69, 9.17) is 0 Å². The number of H-pyrrole nitrogens is 1. The Labute approximate surface area is 155 Å². The summed E-state index contributed by atoms with van der Waals surface area (Å²) in [6.45, 7) is 0. The molecule has 2 N–H and O–H groups in total. The molecule has 1 saturated carbocycles. The first-order valence-electron chi connectivity index (χ1n) is 9.02. The van der Waals surface area contributed by atoms with Crippen LogP contribution in [-0.2, 0) is 4.79 Å². The minimum absolute atomic E-state index is 0.0254. The molecule has 2 aromatic heterocycles. The van der Waals surface area contributed by atoms with E-state index in [9.17, 15) is 9.59 Å². The molecule has 1 amide bonds. The van der Waals surface area contributed by atoms with Crippen molar-refractivity contribution in [1.29, 1.82) is 0 Å². The van der Waals surface area contributed by atoms with Crippen LogP contribution in [0.15, 0.2) is 21.6 Å². The second-order valence-corrected chi connectivity index (χ2v) is 8.74. The van der Waals surface area contributed by atoms with Gasteiger partial charge in [0.2, 0.25) is 5.91 Å². The number of thioether (sulfide) groups is 1. The van der Waals surface area contributed by atoms with Crippen LogP contribution in [-0.4, -0.2) is 21.4 Å². The maximum atomic E-state index is 12.8. The van der Waals surface area contributed by atoms with Gasteiger partial charge in [-0.25, -0.2) is 0 Å². The molecule has 3 heterocycles. The van der Waals surface area contributed by atoms with E-state index in [1.165, 1.54) is 43.9 Å². The van der Waals surface area contributed by atoms with Crippen LogP contribution in [0.2, 0.25) is 0 Å². The van der Waals surface area contributed by atoms with Crippen molar-refractivity contribution in [2.24, 2.45) is 0 Å². The van der Waals surface area contributed by atoms with Gasteiger partial charge in [-0.1, -0.05) is 32.1 Å². The van der Waals surface area contributed by atoms with Gasteiger partial charge < -0.3 is 5.32 Å². The van der Waals surface area contributed by atoms with E-state index in [2.05, 4.69) is 21.9 Å². The van der Waals surface area contributed by atoms with Crippen molar-refractivity contribution in [2.45, 2.75) is 56.2 Å². The number of hydrogen-bond donors (Lipinski definition) is 2. The summed E-state index contributed by atoms with van der Waals surface area (Å²) in [5.41, 5.74) is 1.74. The quantitative estimate of drug-likeness (QED) is 0.820. The summed E-state index contributed by atoms with van der Waals surface area (Å²) in [4.78, 5) is 25.1. The zero-order chi connectivity index (χ0) is 17.2. The van der Waals surface area contributed by atoms with E-state index < -0.39 is 0 Å². The van der Waals surface area contributed by atoms with Gasteiger partial charge >= 0.3 is 0 Å². The minimum Gasteiger partial charge on any atom is -0.310 e. The first kappa shape index (κ1) is 17.0. The van der Waals surface area contributed by atoms with E-state index in [1.54, 1.807) is 11.3 Å². The van der Waals surface area contributed by atoms with Crippen molar-refractivity contribution in [3.05, 3.63) is 38.3 Å². The molecule has 1 aliphatic carbocycles. The fraction of sp³-hybridized carbons (Fsp3) is 0.556. The van der Waals surface area contributed by atoms with Gasteiger partial charge in [0.15, 0.2) is 0 Å². The highest BCUT2D eigenvalue weighted by Crippen LogP contribution is 2.41. The first-order valence-corrected chi connectivity index (χ1v) is 11.0. The number of carbonyl (C=O) groups excluding carboxylic acids is 1. The highest BCUT2D eigenvalue weighted by Gasteiger charge is 2.32. The zero-order valence-electron chi connectivity index (χ0n) is 14.1. The Kier molecular flexibility index (Phi) is 5.03. The van der Waals surface area contributed by atoms with Crippen molar-refractivity contribution in [2.75, 3.05) is 11.1 Å². The summed E-state index contributed by atoms with van der Waals surface area (Å²) in [7, 11) is 0. The monoisotopic (exact) mass is 377 g/mol. The molecule has 134 valence electrons. The number of aromatic nitrogens is 2. The molecule has 1 atom stereocenters. The Morgan fingerprint density at radius 2 is 1.84 bits per heavy atom. The molecule has 7 heteroatoms. The third-order valence-electron chi connectivity index (χ3n) is 5.15. The SMILES string of the molecule is O=C1CS[C@H](c2ccsc2)c2c(n(C3CCCCCCC3)[nH]c2=O)N1. The number of nitrogens with zero attached hydrogens (tertiary/aromatic N) is 1. The van der Waals surface area contributed by atoms with Crippen LogP contribution in [0.4, 0.5) is 5.82 Å². The van der Waals surface area contributed by atoms with Crippen LogP contribution < -0.4 is 10.9 Å². The standard InChI is InChI=1S/C18H23N3O2S2/c22-14-11-25-16(12-8-9-24-10-12)15-17(19-14)21(20-18(15)23)13-6-4-2-1-3-5-7-13/h8-10,13,16H,1-7,11H2,(H,19,22)(H,20,23)/t16-/m1/s1. The molecule has 0 spiro atoms. The largest absolute Gasteiger partial charge is 0.310 e. The van der Waals surface area contributed by atoms with Gasteiger partial charge in [0.1, 0.15) is 5.82 Å². The van der Waals surface area contributed by atoms with Crippen molar-refractivity contribution < 1.29 is 4.79 Å². The van der Waals surface area contributed by atoms with Crippen molar-refractivity contribution in [3.8, 4) is 0 Å². The number of aromatic amines is 1. The number of nitrogens with one attached hydrogen (secondary N) is 2. The minimum atomic E-state index is -0.0845. The lowest BCUT2D eigenvalue weighted by Crippen LogP contribution is -2.20. The fourth-order valence-electron chi connectivity index (χ4n) is 3.90. The fourth-order valence-corrected chi connectivity index (χ4v) is 5.78. The normalized spacial score (nSPS) is 22.6. The van der Waals surface area contributed by atoms with Crippen LogP contribution in [0.25, 0.3) is 0 Å². The van der Waals surface area contributed by atoms with Crippen molar-refractivity contribution in [3.63, 3.8) is 0 Å². The van der Waals surface area contributed by atoms with E-state index in [0.717, 1.165) is 18.4 Å². The predicted molar refractivity (Wildman–Crippen MR) is 104 cm³/mol.